The second-order valence-corrected chi connectivity index (χ2v) is 12.0. The van der Waals surface area contributed by atoms with E-state index in [1.165, 1.54) is 29.3 Å². The molecule has 45 heavy (non-hydrogen) atoms. The summed E-state index contributed by atoms with van der Waals surface area (Å²) in [6.07, 6.45) is 4.30. The molecular weight excluding hydrogens is 578 g/mol. The van der Waals surface area contributed by atoms with Gasteiger partial charge in [-0.05, 0) is 73.9 Å². The zero-order valence-electron chi connectivity index (χ0n) is 25.4. The predicted octanol–water partition coefficient (Wildman–Crippen LogP) is 3.34. The zero-order valence-corrected chi connectivity index (χ0v) is 25.4. The predicted molar refractivity (Wildman–Crippen MR) is 160 cm³/mol. The first-order chi connectivity index (χ1) is 21.7. The normalized spacial score (nSPS) is 21.0. The van der Waals surface area contributed by atoms with Gasteiger partial charge < -0.3 is 24.4 Å². The highest BCUT2D eigenvalue weighted by Gasteiger charge is 2.36. The maximum atomic E-state index is 13.0. The molecule has 1 aliphatic carbocycles. The van der Waals surface area contributed by atoms with E-state index in [1.807, 2.05) is 19.1 Å². The van der Waals surface area contributed by atoms with Crippen LogP contribution in [0.25, 0.3) is 0 Å². The number of benzene rings is 2. The molecule has 1 aromatic heterocycles. The van der Waals surface area contributed by atoms with Gasteiger partial charge in [0.05, 0.1) is 36.7 Å². The molecule has 12 heteroatoms. The van der Waals surface area contributed by atoms with Crippen molar-refractivity contribution in [3.63, 3.8) is 0 Å². The van der Waals surface area contributed by atoms with Crippen LogP contribution in [0.5, 0.6) is 5.75 Å². The first-order valence-corrected chi connectivity index (χ1v) is 15.4. The van der Waals surface area contributed by atoms with Crippen LogP contribution in [0.4, 0.5) is 0 Å². The van der Waals surface area contributed by atoms with Gasteiger partial charge in [-0.1, -0.05) is 29.5 Å². The van der Waals surface area contributed by atoms with Crippen molar-refractivity contribution in [3.05, 3.63) is 77.1 Å². The van der Waals surface area contributed by atoms with Gasteiger partial charge in [0.1, 0.15) is 30.3 Å². The van der Waals surface area contributed by atoms with Crippen LogP contribution in [-0.2, 0) is 26.1 Å². The van der Waals surface area contributed by atoms with E-state index in [4.69, 9.17) is 14.2 Å². The van der Waals surface area contributed by atoms with Crippen LogP contribution in [0.15, 0.2) is 54.7 Å². The Hall–Kier alpha value is -4.74. The second kappa shape index (κ2) is 13.1. The SMILES string of the molecule is C[C@H](NC(=O)c1cnnn1C)[C@H](Oc1ccc(C(=O)O[C@H]2CCCN(C(=O)[C@H]3COC(=O)C3)C2)cc1)c1ccc(C2CC2)cc1. The number of hydrogen-bond donors (Lipinski definition) is 1. The Morgan fingerprint density at radius 3 is 2.44 bits per heavy atom. The van der Waals surface area contributed by atoms with Crippen molar-refractivity contribution in [1.29, 1.82) is 0 Å². The van der Waals surface area contributed by atoms with Crippen LogP contribution in [0, 0.1) is 5.92 Å². The summed E-state index contributed by atoms with van der Waals surface area (Å²) in [7, 11) is 1.66. The minimum absolute atomic E-state index is 0.0911. The number of hydrogen-bond acceptors (Lipinski definition) is 9. The maximum Gasteiger partial charge on any atom is 0.338 e. The number of ether oxygens (including phenoxy) is 3. The zero-order chi connectivity index (χ0) is 31.5. The van der Waals surface area contributed by atoms with E-state index in [2.05, 4.69) is 27.8 Å². The van der Waals surface area contributed by atoms with Crippen LogP contribution in [0.3, 0.4) is 0 Å². The molecule has 2 amide bonds. The molecule has 2 aliphatic heterocycles. The van der Waals surface area contributed by atoms with Crippen molar-refractivity contribution in [2.45, 2.75) is 63.2 Å². The first kappa shape index (κ1) is 30.3. The van der Waals surface area contributed by atoms with E-state index in [0.717, 1.165) is 5.56 Å². The molecule has 0 bridgehead atoms. The monoisotopic (exact) mass is 615 g/mol. The smallest absolute Gasteiger partial charge is 0.338 e. The number of cyclic esters (lactones) is 1. The fourth-order valence-corrected chi connectivity index (χ4v) is 5.88. The molecule has 236 valence electrons. The van der Waals surface area contributed by atoms with Crippen LogP contribution in [-0.4, -0.2) is 75.5 Å². The van der Waals surface area contributed by atoms with Crippen molar-refractivity contribution in [2.24, 2.45) is 13.0 Å². The molecule has 3 aromatic rings. The summed E-state index contributed by atoms with van der Waals surface area (Å²) in [4.78, 5) is 51.9. The molecule has 2 aromatic carbocycles. The van der Waals surface area contributed by atoms with Gasteiger partial charge in [0.2, 0.25) is 5.91 Å². The second-order valence-electron chi connectivity index (χ2n) is 12.0. The Kier molecular flexibility index (Phi) is 8.81. The highest BCUT2D eigenvalue weighted by atomic mass is 16.5. The van der Waals surface area contributed by atoms with Gasteiger partial charge in [0.15, 0.2) is 0 Å². The molecule has 0 unspecified atom stereocenters. The number of carbonyl (C=O) groups excluding carboxylic acids is 4. The Labute approximate surface area is 261 Å². The molecule has 4 atom stereocenters. The van der Waals surface area contributed by atoms with Gasteiger partial charge in [-0.3, -0.25) is 14.4 Å². The fourth-order valence-electron chi connectivity index (χ4n) is 5.88. The highest BCUT2D eigenvalue weighted by molar-refractivity contribution is 5.92. The first-order valence-electron chi connectivity index (χ1n) is 15.4. The third kappa shape index (κ3) is 7.16. The van der Waals surface area contributed by atoms with Crippen molar-refractivity contribution in [2.75, 3.05) is 19.7 Å². The molecular formula is C33H37N5O7. The molecule has 0 spiro atoms. The standard InChI is InChI=1S/C33H37N5O7/c1-20(35-31(40)28-17-34-36-37(28)2)30(23-9-7-22(8-10-23)21-5-6-21)44-26-13-11-24(12-14-26)33(42)45-27-4-3-15-38(18-27)32(41)25-16-29(39)43-19-25/h7-14,17,20-21,25,27,30H,3-6,15-16,18-19H2,1-2H3,(H,35,40)/t20-,25+,27-,30-/m0/s1. The van der Waals surface area contributed by atoms with E-state index in [1.54, 1.807) is 36.2 Å². The average molecular weight is 616 g/mol. The van der Waals surface area contributed by atoms with Gasteiger partial charge in [0.25, 0.3) is 5.91 Å². The van der Waals surface area contributed by atoms with Crippen LogP contribution < -0.4 is 10.1 Å². The number of likely N-dealkylation sites (tertiary alicyclic amines) is 1. The summed E-state index contributed by atoms with van der Waals surface area (Å²) in [5, 5.41) is 10.6. The molecule has 1 saturated carbocycles. The number of amides is 2. The lowest BCUT2D eigenvalue weighted by Gasteiger charge is -2.33. The van der Waals surface area contributed by atoms with Gasteiger partial charge in [0, 0.05) is 13.6 Å². The highest BCUT2D eigenvalue weighted by Crippen LogP contribution is 2.40. The molecule has 3 heterocycles. The Balaban J connectivity index is 1.10. The van der Waals surface area contributed by atoms with Crippen molar-refractivity contribution >= 4 is 23.8 Å². The summed E-state index contributed by atoms with van der Waals surface area (Å²) < 4.78 is 18.5. The van der Waals surface area contributed by atoms with E-state index < -0.39 is 30.1 Å². The van der Waals surface area contributed by atoms with Gasteiger partial charge in [-0.2, -0.15) is 0 Å². The lowest BCUT2D eigenvalue weighted by molar-refractivity contribution is -0.139. The Bertz CT molecular complexity index is 1550. The molecule has 1 N–H and O–H groups in total. The molecule has 6 rings (SSSR count). The van der Waals surface area contributed by atoms with E-state index in [0.29, 0.717) is 42.3 Å². The number of piperidine rings is 1. The maximum absolute atomic E-state index is 13.0. The average Bonchev–Trinajstić information content (AvgIpc) is 3.66. The number of nitrogens with zero attached hydrogens (tertiary/aromatic N) is 4. The number of aromatic nitrogens is 3. The summed E-state index contributed by atoms with van der Waals surface area (Å²) in [6.45, 7) is 2.83. The summed E-state index contributed by atoms with van der Waals surface area (Å²) in [5.41, 5.74) is 2.89. The number of nitrogens with one attached hydrogen (secondary N) is 1. The van der Waals surface area contributed by atoms with Gasteiger partial charge in [-0.25, -0.2) is 9.48 Å². The minimum atomic E-state index is -0.521. The number of rotatable bonds is 10. The Morgan fingerprint density at radius 2 is 1.80 bits per heavy atom. The summed E-state index contributed by atoms with van der Waals surface area (Å²) in [5.74, 6) is -0.633. The third-order valence-corrected chi connectivity index (χ3v) is 8.60. The Morgan fingerprint density at radius 1 is 1.04 bits per heavy atom. The van der Waals surface area contributed by atoms with Crippen molar-refractivity contribution < 1.29 is 33.4 Å². The largest absolute Gasteiger partial charge is 0.484 e. The number of carbonyl (C=O) groups is 4. The van der Waals surface area contributed by atoms with Crippen LogP contribution in [0.1, 0.15) is 83.0 Å². The van der Waals surface area contributed by atoms with E-state index >= 15 is 0 Å². The molecule has 3 aliphatic rings. The molecule has 0 radical (unpaired) electrons. The van der Waals surface area contributed by atoms with Crippen molar-refractivity contribution in [1.82, 2.24) is 25.2 Å². The number of aryl methyl sites for hydroxylation is 1. The van der Waals surface area contributed by atoms with Crippen LogP contribution in [0.2, 0.25) is 0 Å². The lowest BCUT2D eigenvalue weighted by Crippen LogP contribution is -2.46. The third-order valence-electron chi connectivity index (χ3n) is 8.60. The fraction of sp³-hybridized carbons (Fsp3) is 0.455. The lowest BCUT2D eigenvalue weighted by atomic mass is 10.00. The van der Waals surface area contributed by atoms with Crippen molar-refractivity contribution in [3.8, 4) is 5.75 Å². The summed E-state index contributed by atoms with van der Waals surface area (Å²) in [6, 6.07) is 14.6. The topological polar surface area (TPSA) is 142 Å². The molecule has 12 nitrogen and oxygen atoms in total. The van der Waals surface area contributed by atoms with Crippen LogP contribution >= 0.6 is 0 Å². The van der Waals surface area contributed by atoms with E-state index in [9.17, 15) is 19.2 Å². The molecule has 2 saturated heterocycles. The summed E-state index contributed by atoms with van der Waals surface area (Å²) >= 11 is 0. The molecule has 3 fully saturated rings. The van der Waals surface area contributed by atoms with Gasteiger partial charge >= 0.3 is 11.9 Å². The minimum Gasteiger partial charge on any atom is -0.484 e. The number of esters is 2. The van der Waals surface area contributed by atoms with E-state index in [-0.39, 0.29) is 37.4 Å². The van der Waals surface area contributed by atoms with Gasteiger partial charge in [-0.15, -0.1) is 5.10 Å². The quantitative estimate of drug-likeness (QED) is 0.340.